The van der Waals surface area contributed by atoms with Crippen LogP contribution in [0.2, 0.25) is 0 Å². The maximum atomic E-state index is 12.3. The van der Waals surface area contributed by atoms with E-state index in [4.69, 9.17) is 4.42 Å². The summed E-state index contributed by atoms with van der Waals surface area (Å²) in [6, 6.07) is 13.0. The van der Waals surface area contributed by atoms with Gasteiger partial charge in [-0.2, -0.15) is 0 Å². The second-order valence-corrected chi connectivity index (χ2v) is 5.49. The van der Waals surface area contributed by atoms with Gasteiger partial charge in [0.25, 0.3) is 0 Å². The maximum absolute atomic E-state index is 12.3. The van der Waals surface area contributed by atoms with Crippen molar-refractivity contribution in [3.8, 4) is 0 Å². The van der Waals surface area contributed by atoms with Gasteiger partial charge in [-0.15, -0.1) is 0 Å². The number of furan rings is 1. The first-order valence-electron chi connectivity index (χ1n) is 7.93. The lowest BCUT2D eigenvalue weighted by molar-refractivity contribution is -0.130. The highest BCUT2D eigenvalue weighted by Gasteiger charge is 2.15. The Morgan fingerprint density at radius 2 is 1.83 bits per heavy atom. The van der Waals surface area contributed by atoms with Gasteiger partial charge < -0.3 is 19.5 Å². The molecule has 3 amide bonds. The molecule has 6 nitrogen and oxygen atoms in total. The summed E-state index contributed by atoms with van der Waals surface area (Å²) >= 11 is 0. The minimum Gasteiger partial charge on any atom is -0.467 e. The minimum absolute atomic E-state index is 0.0258. The van der Waals surface area contributed by atoms with Crippen molar-refractivity contribution < 1.29 is 14.0 Å². The van der Waals surface area contributed by atoms with E-state index in [1.54, 1.807) is 30.3 Å². The Hall–Kier alpha value is -2.76. The fourth-order valence-corrected chi connectivity index (χ4v) is 2.29. The third kappa shape index (κ3) is 5.15. The molecule has 0 radical (unpaired) electrons. The number of carbonyl (C=O) groups excluding carboxylic acids is 2. The molecule has 0 spiro atoms. The van der Waals surface area contributed by atoms with Gasteiger partial charge in [-0.3, -0.25) is 4.79 Å². The van der Waals surface area contributed by atoms with E-state index in [0.717, 1.165) is 5.56 Å². The Bertz CT molecular complexity index is 641. The monoisotopic (exact) mass is 329 g/mol. The summed E-state index contributed by atoms with van der Waals surface area (Å²) in [5.41, 5.74) is 1.06. The number of benzene rings is 1. The predicted molar refractivity (Wildman–Crippen MR) is 91.1 cm³/mol. The molecule has 2 aromatic rings. The van der Waals surface area contributed by atoms with Gasteiger partial charge in [0.2, 0.25) is 5.91 Å². The van der Waals surface area contributed by atoms with E-state index in [1.807, 2.05) is 37.3 Å². The lowest BCUT2D eigenvalue weighted by atomic mass is 10.2. The largest absolute Gasteiger partial charge is 0.467 e. The fourth-order valence-electron chi connectivity index (χ4n) is 2.29. The first-order valence-corrected chi connectivity index (χ1v) is 7.93. The Kier molecular flexibility index (Phi) is 6.42. The molecule has 1 aromatic carbocycles. The van der Waals surface area contributed by atoms with Crippen LogP contribution in [-0.4, -0.2) is 41.9 Å². The van der Waals surface area contributed by atoms with Crippen LogP contribution in [-0.2, 0) is 17.9 Å². The highest BCUT2D eigenvalue weighted by molar-refractivity contribution is 5.83. The summed E-state index contributed by atoms with van der Waals surface area (Å²) in [7, 11) is 1.66. The summed E-state index contributed by atoms with van der Waals surface area (Å²) < 4.78 is 5.21. The van der Waals surface area contributed by atoms with Gasteiger partial charge in [-0.1, -0.05) is 30.3 Å². The molecule has 0 aliphatic heterocycles. The zero-order valence-electron chi connectivity index (χ0n) is 14.1. The SMILES string of the molecule is CCN(Cc1ccccc1)C(=O)CNC(=O)N(C)Cc1ccco1. The normalized spacial score (nSPS) is 10.2. The average Bonchev–Trinajstić information content (AvgIpc) is 3.11. The number of hydrogen-bond acceptors (Lipinski definition) is 3. The summed E-state index contributed by atoms with van der Waals surface area (Å²) in [4.78, 5) is 27.5. The van der Waals surface area contributed by atoms with Crippen molar-refractivity contribution in [1.82, 2.24) is 15.1 Å². The molecule has 1 heterocycles. The van der Waals surface area contributed by atoms with Crippen LogP contribution < -0.4 is 5.32 Å². The molecule has 0 aliphatic rings. The van der Waals surface area contributed by atoms with E-state index in [9.17, 15) is 9.59 Å². The average molecular weight is 329 g/mol. The predicted octanol–water partition coefficient (Wildman–Crippen LogP) is 2.47. The van der Waals surface area contributed by atoms with Crippen molar-refractivity contribution >= 4 is 11.9 Å². The molecule has 0 bridgehead atoms. The maximum Gasteiger partial charge on any atom is 0.317 e. The Labute approximate surface area is 142 Å². The van der Waals surface area contributed by atoms with Gasteiger partial charge in [0, 0.05) is 20.1 Å². The first-order chi connectivity index (χ1) is 11.6. The molecule has 24 heavy (non-hydrogen) atoms. The van der Waals surface area contributed by atoms with Crippen molar-refractivity contribution in [3.63, 3.8) is 0 Å². The van der Waals surface area contributed by atoms with Crippen molar-refractivity contribution in [2.75, 3.05) is 20.1 Å². The highest BCUT2D eigenvalue weighted by atomic mass is 16.3. The van der Waals surface area contributed by atoms with Crippen molar-refractivity contribution in [2.24, 2.45) is 0 Å². The second kappa shape index (κ2) is 8.76. The lowest BCUT2D eigenvalue weighted by Gasteiger charge is -2.22. The molecule has 6 heteroatoms. The van der Waals surface area contributed by atoms with Gasteiger partial charge >= 0.3 is 6.03 Å². The highest BCUT2D eigenvalue weighted by Crippen LogP contribution is 2.05. The Balaban J connectivity index is 1.80. The number of likely N-dealkylation sites (N-methyl/N-ethyl adjacent to an activating group) is 1. The van der Waals surface area contributed by atoms with Crippen LogP contribution in [0.15, 0.2) is 53.1 Å². The number of carbonyl (C=O) groups is 2. The van der Waals surface area contributed by atoms with E-state index >= 15 is 0 Å². The standard InChI is InChI=1S/C18H23N3O3/c1-3-21(13-15-8-5-4-6-9-15)17(22)12-19-18(23)20(2)14-16-10-7-11-24-16/h4-11H,3,12-14H2,1-2H3,(H,19,23). The van der Waals surface area contributed by atoms with Crippen LogP contribution in [0.3, 0.4) is 0 Å². The van der Waals surface area contributed by atoms with Crippen molar-refractivity contribution in [2.45, 2.75) is 20.0 Å². The summed E-state index contributed by atoms with van der Waals surface area (Å²) in [6.07, 6.45) is 1.56. The fraction of sp³-hybridized carbons (Fsp3) is 0.333. The number of nitrogens with zero attached hydrogens (tertiary/aromatic N) is 2. The third-order valence-electron chi connectivity index (χ3n) is 3.66. The second-order valence-electron chi connectivity index (χ2n) is 5.49. The molecule has 0 saturated carbocycles. The van der Waals surface area contributed by atoms with E-state index in [1.165, 1.54) is 4.90 Å². The van der Waals surface area contributed by atoms with E-state index in [0.29, 0.717) is 25.4 Å². The first kappa shape index (κ1) is 17.6. The van der Waals surface area contributed by atoms with Crippen molar-refractivity contribution in [3.05, 3.63) is 60.1 Å². The summed E-state index contributed by atoms with van der Waals surface area (Å²) in [5, 5.41) is 2.65. The van der Waals surface area contributed by atoms with Crippen LogP contribution >= 0.6 is 0 Å². The number of urea groups is 1. The Morgan fingerprint density at radius 3 is 2.46 bits per heavy atom. The summed E-state index contributed by atoms with van der Waals surface area (Å²) in [6.45, 7) is 3.38. The van der Waals surface area contributed by atoms with Crippen LogP contribution in [0, 0.1) is 0 Å². The zero-order valence-corrected chi connectivity index (χ0v) is 14.1. The molecule has 0 fully saturated rings. The van der Waals surface area contributed by atoms with E-state index in [2.05, 4.69) is 5.32 Å². The molecule has 128 valence electrons. The van der Waals surface area contributed by atoms with Crippen LogP contribution in [0.1, 0.15) is 18.2 Å². The van der Waals surface area contributed by atoms with Gasteiger partial charge in [-0.25, -0.2) is 4.79 Å². The van der Waals surface area contributed by atoms with Gasteiger partial charge in [0.1, 0.15) is 5.76 Å². The lowest BCUT2D eigenvalue weighted by Crippen LogP contribution is -2.43. The summed E-state index contributed by atoms with van der Waals surface area (Å²) in [5.74, 6) is 0.583. The molecule has 0 unspecified atom stereocenters. The van der Waals surface area contributed by atoms with E-state index < -0.39 is 0 Å². The molecule has 0 aliphatic carbocycles. The smallest absolute Gasteiger partial charge is 0.317 e. The topological polar surface area (TPSA) is 65.8 Å². The molecule has 1 aromatic heterocycles. The molecule has 2 rings (SSSR count). The number of amides is 3. The molecule has 1 N–H and O–H groups in total. The van der Waals surface area contributed by atoms with Gasteiger partial charge in [0.05, 0.1) is 19.4 Å². The number of rotatable bonds is 7. The number of hydrogen-bond donors (Lipinski definition) is 1. The van der Waals surface area contributed by atoms with Gasteiger partial charge in [-0.05, 0) is 24.6 Å². The quantitative estimate of drug-likeness (QED) is 0.848. The molecule has 0 saturated heterocycles. The van der Waals surface area contributed by atoms with E-state index in [-0.39, 0.29) is 18.5 Å². The number of nitrogens with one attached hydrogen (secondary N) is 1. The molecular weight excluding hydrogens is 306 g/mol. The Morgan fingerprint density at radius 1 is 1.08 bits per heavy atom. The van der Waals surface area contributed by atoms with Crippen LogP contribution in [0.25, 0.3) is 0 Å². The van der Waals surface area contributed by atoms with Gasteiger partial charge in [0.15, 0.2) is 0 Å². The molecular formula is C18H23N3O3. The van der Waals surface area contributed by atoms with Crippen LogP contribution in [0.4, 0.5) is 4.79 Å². The third-order valence-corrected chi connectivity index (χ3v) is 3.66. The van der Waals surface area contributed by atoms with Crippen molar-refractivity contribution in [1.29, 1.82) is 0 Å². The molecule has 0 atom stereocenters. The van der Waals surface area contributed by atoms with Crippen LogP contribution in [0.5, 0.6) is 0 Å². The minimum atomic E-state index is -0.310. The zero-order chi connectivity index (χ0) is 17.4.